The number of aryl methyl sites for hydroxylation is 2. The third kappa shape index (κ3) is 4.64. The van der Waals surface area contributed by atoms with Crippen molar-refractivity contribution in [2.75, 3.05) is 7.11 Å². The standard InChI is InChI=1S/C25H22N2O6/c1-15-4-10-22(32-15)24(23-11-5-16(2)33-23)17-6-8-19(9-7-17)26-14-18-12-20(31-3)13-21(25(18)28)27(29)30/h4-14,24,28H,1-3H3. The number of aliphatic imine (C=N–C) groups is 1. The van der Waals surface area contributed by atoms with Crippen LogP contribution in [-0.4, -0.2) is 23.4 Å². The van der Waals surface area contributed by atoms with E-state index in [9.17, 15) is 15.2 Å². The fraction of sp³-hybridized carbons (Fsp3) is 0.160. The number of rotatable bonds is 7. The maximum atomic E-state index is 11.2. The van der Waals surface area contributed by atoms with Crippen LogP contribution in [0.15, 0.2) is 74.5 Å². The summed E-state index contributed by atoms with van der Waals surface area (Å²) in [6.07, 6.45) is 1.36. The van der Waals surface area contributed by atoms with E-state index in [1.54, 1.807) is 0 Å². The monoisotopic (exact) mass is 446 g/mol. The summed E-state index contributed by atoms with van der Waals surface area (Å²) in [4.78, 5) is 14.9. The van der Waals surface area contributed by atoms with Gasteiger partial charge in [-0.25, -0.2) is 0 Å². The molecule has 0 radical (unpaired) electrons. The number of benzene rings is 2. The minimum absolute atomic E-state index is 0.181. The lowest BCUT2D eigenvalue weighted by Gasteiger charge is -2.13. The Bertz CT molecular complexity index is 1280. The van der Waals surface area contributed by atoms with Crippen LogP contribution in [0.4, 0.5) is 11.4 Å². The first kappa shape index (κ1) is 21.9. The highest BCUT2D eigenvalue weighted by molar-refractivity contribution is 5.88. The van der Waals surface area contributed by atoms with Gasteiger partial charge in [0.2, 0.25) is 5.75 Å². The Hall–Kier alpha value is -4.33. The highest BCUT2D eigenvalue weighted by Gasteiger charge is 2.23. The lowest BCUT2D eigenvalue weighted by Crippen LogP contribution is -2.00. The first-order valence-electron chi connectivity index (χ1n) is 10.2. The molecule has 4 aromatic rings. The van der Waals surface area contributed by atoms with Crippen molar-refractivity contribution < 1.29 is 23.6 Å². The maximum absolute atomic E-state index is 11.2. The van der Waals surface area contributed by atoms with Crippen LogP contribution >= 0.6 is 0 Å². The average Bonchev–Trinajstić information content (AvgIpc) is 3.42. The zero-order chi connectivity index (χ0) is 23.5. The van der Waals surface area contributed by atoms with E-state index >= 15 is 0 Å². The number of ether oxygens (including phenoxy) is 1. The van der Waals surface area contributed by atoms with Gasteiger partial charge in [0, 0.05) is 11.8 Å². The third-order valence-corrected chi connectivity index (χ3v) is 5.20. The molecule has 0 saturated carbocycles. The van der Waals surface area contributed by atoms with Gasteiger partial charge in [-0.05, 0) is 61.9 Å². The number of aromatic hydroxyl groups is 1. The van der Waals surface area contributed by atoms with E-state index in [2.05, 4.69) is 4.99 Å². The smallest absolute Gasteiger partial charge is 0.315 e. The van der Waals surface area contributed by atoms with Gasteiger partial charge in [0.25, 0.3) is 0 Å². The molecule has 0 spiro atoms. The summed E-state index contributed by atoms with van der Waals surface area (Å²) in [6, 6.07) is 17.8. The number of phenolic OH excluding ortho intramolecular Hbond substituents is 1. The number of methoxy groups -OCH3 is 1. The fourth-order valence-electron chi connectivity index (χ4n) is 3.55. The first-order valence-corrected chi connectivity index (χ1v) is 10.2. The highest BCUT2D eigenvalue weighted by Crippen LogP contribution is 2.36. The summed E-state index contributed by atoms with van der Waals surface area (Å²) >= 11 is 0. The molecule has 0 atom stereocenters. The molecule has 0 saturated heterocycles. The molecule has 0 amide bonds. The minimum atomic E-state index is -0.670. The molecule has 0 aliphatic carbocycles. The molecule has 0 aliphatic rings. The molecule has 0 fully saturated rings. The normalized spacial score (nSPS) is 11.4. The van der Waals surface area contributed by atoms with Crippen LogP contribution in [0.2, 0.25) is 0 Å². The lowest BCUT2D eigenvalue weighted by atomic mass is 9.94. The third-order valence-electron chi connectivity index (χ3n) is 5.20. The molecule has 168 valence electrons. The van der Waals surface area contributed by atoms with Crippen LogP contribution in [0.25, 0.3) is 0 Å². The fourth-order valence-corrected chi connectivity index (χ4v) is 3.55. The topological polar surface area (TPSA) is 111 Å². The molecule has 0 aliphatic heterocycles. The second kappa shape index (κ2) is 9.04. The van der Waals surface area contributed by atoms with Crippen molar-refractivity contribution in [2.24, 2.45) is 4.99 Å². The molecule has 1 N–H and O–H groups in total. The second-order valence-corrected chi connectivity index (χ2v) is 7.52. The van der Waals surface area contributed by atoms with Gasteiger partial charge in [0.1, 0.15) is 34.7 Å². The largest absolute Gasteiger partial charge is 0.502 e. The zero-order valence-electron chi connectivity index (χ0n) is 18.3. The van der Waals surface area contributed by atoms with Crippen molar-refractivity contribution >= 4 is 17.6 Å². The van der Waals surface area contributed by atoms with E-state index in [-0.39, 0.29) is 17.2 Å². The quantitative estimate of drug-likeness (QED) is 0.210. The van der Waals surface area contributed by atoms with Crippen LogP contribution < -0.4 is 4.74 Å². The number of furan rings is 2. The molecular weight excluding hydrogens is 424 g/mol. The number of nitrogens with zero attached hydrogens (tertiary/aromatic N) is 2. The van der Waals surface area contributed by atoms with E-state index in [0.29, 0.717) is 5.69 Å². The summed E-state index contributed by atoms with van der Waals surface area (Å²) in [7, 11) is 1.40. The lowest BCUT2D eigenvalue weighted by molar-refractivity contribution is -0.385. The zero-order valence-corrected chi connectivity index (χ0v) is 18.3. The first-order chi connectivity index (χ1) is 15.9. The molecular formula is C25H22N2O6. The van der Waals surface area contributed by atoms with Gasteiger partial charge in [0.15, 0.2) is 0 Å². The molecule has 0 unspecified atom stereocenters. The number of phenols is 1. The van der Waals surface area contributed by atoms with Gasteiger partial charge >= 0.3 is 5.69 Å². The van der Waals surface area contributed by atoms with Crippen molar-refractivity contribution in [3.05, 3.63) is 105 Å². The summed E-state index contributed by atoms with van der Waals surface area (Å²) in [5, 5.41) is 21.4. The molecule has 0 bridgehead atoms. The Morgan fingerprint density at radius 3 is 2.09 bits per heavy atom. The number of nitro benzene ring substituents is 1. The molecule has 8 heteroatoms. The van der Waals surface area contributed by atoms with Gasteiger partial charge in [-0.15, -0.1) is 0 Å². The Morgan fingerprint density at radius 1 is 1.00 bits per heavy atom. The van der Waals surface area contributed by atoms with Crippen LogP contribution in [0.3, 0.4) is 0 Å². The number of hydrogen-bond acceptors (Lipinski definition) is 7. The Kier molecular flexibility index (Phi) is 5.99. The highest BCUT2D eigenvalue weighted by atomic mass is 16.6. The molecule has 4 rings (SSSR count). The van der Waals surface area contributed by atoms with E-state index < -0.39 is 16.4 Å². The van der Waals surface area contributed by atoms with Crippen LogP contribution in [0.1, 0.15) is 40.1 Å². The van der Waals surface area contributed by atoms with Crippen molar-refractivity contribution in [2.45, 2.75) is 19.8 Å². The summed E-state index contributed by atoms with van der Waals surface area (Å²) in [5.41, 5.74) is 1.29. The predicted octanol–water partition coefficient (Wildman–Crippen LogP) is 6.04. The van der Waals surface area contributed by atoms with Crippen molar-refractivity contribution in [3.63, 3.8) is 0 Å². The van der Waals surface area contributed by atoms with Gasteiger partial charge in [-0.2, -0.15) is 0 Å². The predicted molar refractivity (Wildman–Crippen MR) is 123 cm³/mol. The Balaban J connectivity index is 1.65. The van der Waals surface area contributed by atoms with Gasteiger partial charge < -0.3 is 18.7 Å². The van der Waals surface area contributed by atoms with Crippen LogP contribution in [0.5, 0.6) is 11.5 Å². The van der Waals surface area contributed by atoms with Gasteiger partial charge in [-0.1, -0.05) is 12.1 Å². The van der Waals surface area contributed by atoms with Crippen molar-refractivity contribution in [1.29, 1.82) is 0 Å². The van der Waals surface area contributed by atoms with E-state index in [4.69, 9.17) is 13.6 Å². The molecule has 2 aromatic heterocycles. The van der Waals surface area contributed by atoms with Crippen LogP contribution in [-0.2, 0) is 0 Å². The Labute approximate surface area is 189 Å². The average molecular weight is 446 g/mol. The second-order valence-electron chi connectivity index (χ2n) is 7.52. The SMILES string of the molecule is COc1cc(C=Nc2ccc(C(c3ccc(C)o3)c3ccc(C)o3)cc2)c(O)c([N+](=O)[O-])c1. The number of hydrogen-bond donors (Lipinski definition) is 1. The van der Waals surface area contributed by atoms with Gasteiger partial charge in [0.05, 0.1) is 23.8 Å². The van der Waals surface area contributed by atoms with E-state index in [1.807, 2.05) is 62.4 Å². The van der Waals surface area contributed by atoms with Gasteiger partial charge in [-0.3, -0.25) is 15.1 Å². The molecule has 33 heavy (non-hydrogen) atoms. The maximum Gasteiger partial charge on any atom is 0.315 e. The number of nitro groups is 1. The molecule has 8 nitrogen and oxygen atoms in total. The minimum Gasteiger partial charge on any atom is -0.502 e. The summed E-state index contributed by atoms with van der Waals surface area (Å²) in [6.45, 7) is 3.79. The summed E-state index contributed by atoms with van der Waals surface area (Å²) in [5.74, 6) is 2.73. The van der Waals surface area contributed by atoms with E-state index in [1.165, 1.54) is 19.4 Å². The summed E-state index contributed by atoms with van der Waals surface area (Å²) < 4.78 is 16.8. The van der Waals surface area contributed by atoms with Crippen molar-refractivity contribution in [3.8, 4) is 11.5 Å². The molecule has 2 aromatic carbocycles. The van der Waals surface area contributed by atoms with Crippen molar-refractivity contribution in [1.82, 2.24) is 0 Å². The van der Waals surface area contributed by atoms with E-state index in [0.717, 1.165) is 34.7 Å². The Morgan fingerprint density at radius 2 is 1.61 bits per heavy atom. The van der Waals surface area contributed by atoms with Crippen LogP contribution in [0, 0.1) is 24.0 Å². The molecule has 2 heterocycles.